The van der Waals surface area contributed by atoms with Gasteiger partial charge in [0, 0.05) is 7.05 Å². The zero-order valence-electron chi connectivity index (χ0n) is 11.8. The number of hydrogen-bond acceptors (Lipinski definition) is 3. The SMILES string of the molecule is CCCNC(COc1ccccc1)c1c(Cl)cnn1C. The van der Waals surface area contributed by atoms with Gasteiger partial charge in [-0.05, 0) is 25.1 Å². The van der Waals surface area contributed by atoms with Gasteiger partial charge >= 0.3 is 0 Å². The minimum atomic E-state index is 0.0233. The Balaban J connectivity index is 2.08. The fourth-order valence-electron chi connectivity index (χ4n) is 2.06. The van der Waals surface area contributed by atoms with E-state index in [0.717, 1.165) is 24.4 Å². The molecule has 4 nitrogen and oxygen atoms in total. The predicted octanol–water partition coefficient (Wildman–Crippen LogP) is 3.19. The third kappa shape index (κ3) is 3.74. The van der Waals surface area contributed by atoms with E-state index in [9.17, 15) is 0 Å². The van der Waals surface area contributed by atoms with E-state index in [0.29, 0.717) is 11.6 Å². The Kier molecular flexibility index (Phi) is 5.44. The first-order valence-electron chi connectivity index (χ1n) is 6.81. The highest BCUT2D eigenvalue weighted by Gasteiger charge is 2.19. The smallest absolute Gasteiger partial charge is 0.119 e. The van der Waals surface area contributed by atoms with E-state index in [4.69, 9.17) is 16.3 Å². The number of aromatic nitrogens is 2. The molecule has 0 aliphatic rings. The maximum Gasteiger partial charge on any atom is 0.119 e. The van der Waals surface area contributed by atoms with E-state index >= 15 is 0 Å². The minimum Gasteiger partial charge on any atom is -0.492 e. The summed E-state index contributed by atoms with van der Waals surface area (Å²) in [5, 5.41) is 8.31. The van der Waals surface area contributed by atoms with Crippen LogP contribution in [0.2, 0.25) is 5.02 Å². The summed E-state index contributed by atoms with van der Waals surface area (Å²) in [6, 6.07) is 9.80. The van der Waals surface area contributed by atoms with E-state index in [1.54, 1.807) is 10.9 Å². The molecule has 5 heteroatoms. The van der Waals surface area contributed by atoms with Crippen molar-refractivity contribution < 1.29 is 4.74 Å². The van der Waals surface area contributed by atoms with Gasteiger partial charge in [0.15, 0.2) is 0 Å². The maximum atomic E-state index is 6.22. The summed E-state index contributed by atoms with van der Waals surface area (Å²) in [6.45, 7) is 3.56. The lowest BCUT2D eigenvalue weighted by atomic mass is 10.2. The molecule has 0 bridgehead atoms. The van der Waals surface area contributed by atoms with Gasteiger partial charge in [0.2, 0.25) is 0 Å². The van der Waals surface area contributed by atoms with E-state index in [-0.39, 0.29) is 6.04 Å². The molecule has 2 aromatic rings. The molecule has 0 radical (unpaired) electrons. The van der Waals surface area contributed by atoms with Crippen molar-refractivity contribution in [2.45, 2.75) is 19.4 Å². The van der Waals surface area contributed by atoms with Crippen molar-refractivity contribution in [3.05, 3.63) is 47.2 Å². The quantitative estimate of drug-likeness (QED) is 0.852. The first-order valence-corrected chi connectivity index (χ1v) is 7.18. The number of hydrogen-bond donors (Lipinski definition) is 1. The van der Waals surface area contributed by atoms with Crippen LogP contribution in [0.15, 0.2) is 36.5 Å². The zero-order valence-corrected chi connectivity index (χ0v) is 12.6. The molecule has 20 heavy (non-hydrogen) atoms. The average Bonchev–Trinajstić information content (AvgIpc) is 2.80. The van der Waals surface area contributed by atoms with Crippen molar-refractivity contribution in [1.29, 1.82) is 0 Å². The van der Waals surface area contributed by atoms with Crippen LogP contribution in [0.1, 0.15) is 25.1 Å². The Hall–Kier alpha value is -1.52. The molecule has 0 spiro atoms. The summed E-state index contributed by atoms with van der Waals surface area (Å²) in [6.07, 6.45) is 2.72. The molecule has 1 unspecified atom stereocenters. The minimum absolute atomic E-state index is 0.0233. The summed E-state index contributed by atoms with van der Waals surface area (Å²) in [4.78, 5) is 0. The van der Waals surface area contributed by atoms with Crippen molar-refractivity contribution >= 4 is 11.6 Å². The van der Waals surface area contributed by atoms with Crippen molar-refractivity contribution in [2.75, 3.05) is 13.2 Å². The number of nitrogens with one attached hydrogen (secondary N) is 1. The zero-order chi connectivity index (χ0) is 14.4. The second kappa shape index (κ2) is 7.31. The fourth-order valence-corrected chi connectivity index (χ4v) is 2.36. The molecule has 1 heterocycles. The van der Waals surface area contributed by atoms with Crippen LogP contribution in [0.5, 0.6) is 5.75 Å². The lowest BCUT2D eigenvalue weighted by molar-refractivity contribution is 0.260. The highest BCUT2D eigenvalue weighted by atomic mass is 35.5. The van der Waals surface area contributed by atoms with Crippen LogP contribution in [0.3, 0.4) is 0 Å². The molecule has 0 saturated carbocycles. The Labute approximate surface area is 124 Å². The number of halogens is 1. The van der Waals surface area contributed by atoms with Gasteiger partial charge < -0.3 is 10.1 Å². The second-order valence-electron chi connectivity index (χ2n) is 4.63. The number of aryl methyl sites for hydroxylation is 1. The van der Waals surface area contributed by atoms with Crippen LogP contribution in [-0.4, -0.2) is 22.9 Å². The van der Waals surface area contributed by atoms with Crippen LogP contribution in [0.25, 0.3) is 0 Å². The third-order valence-corrected chi connectivity index (χ3v) is 3.36. The average molecular weight is 294 g/mol. The maximum absolute atomic E-state index is 6.22. The van der Waals surface area contributed by atoms with E-state index in [1.165, 1.54) is 0 Å². The largest absolute Gasteiger partial charge is 0.492 e. The molecule has 0 fully saturated rings. The first kappa shape index (κ1) is 14.9. The van der Waals surface area contributed by atoms with E-state index < -0.39 is 0 Å². The summed E-state index contributed by atoms with van der Waals surface area (Å²) in [7, 11) is 1.89. The van der Waals surface area contributed by atoms with Gasteiger partial charge in [0.05, 0.1) is 23.0 Å². The Bertz CT molecular complexity index is 508. The van der Waals surface area contributed by atoms with Gasteiger partial charge in [-0.1, -0.05) is 36.7 Å². The van der Waals surface area contributed by atoms with Crippen LogP contribution in [-0.2, 0) is 7.05 Å². The van der Waals surface area contributed by atoms with Gasteiger partial charge in [0.1, 0.15) is 12.4 Å². The van der Waals surface area contributed by atoms with Gasteiger partial charge in [0.25, 0.3) is 0 Å². The lowest BCUT2D eigenvalue weighted by Gasteiger charge is -2.20. The highest BCUT2D eigenvalue weighted by molar-refractivity contribution is 6.31. The highest BCUT2D eigenvalue weighted by Crippen LogP contribution is 2.23. The summed E-state index contributed by atoms with van der Waals surface area (Å²) in [5.41, 5.74) is 0.955. The standard InChI is InChI=1S/C15H20ClN3O/c1-3-9-17-14(15-13(16)10-18-19(15)2)11-20-12-7-5-4-6-8-12/h4-8,10,14,17H,3,9,11H2,1-2H3. The van der Waals surface area contributed by atoms with Crippen molar-refractivity contribution in [1.82, 2.24) is 15.1 Å². The molecular weight excluding hydrogens is 274 g/mol. The monoisotopic (exact) mass is 293 g/mol. The second-order valence-corrected chi connectivity index (χ2v) is 5.04. The lowest BCUT2D eigenvalue weighted by Crippen LogP contribution is -2.29. The molecule has 0 aliphatic carbocycles. The van der Waals surface area contributed by atoms with Gasteiger partial charge in [-0.25, -0.2) is 0 Å². The van der Waals surface area contributed by atoms with Crippen LogP contribution in [0, 0.1) is 0 Å². The van der Waals surface area contributed by atoms with Gasteiger partial charge in [-0.15, -0.1) is 0 Å². The van der Waals surface area contributed by atoms with E-state index in [1.807, 2.05) is 37.4 Å². The van der Waals surface area contributed by atoms with E-state index in [2.05, 4.69) is 17.3 Å². The molecule has 108 valence electrons. The number of ether oxygens (including phenoxy) is 1. The Morgan fingerprint density at radius 1 is 1.35 bits per heavy atom. The predicted molar refractivity (Wildman–Crippen MR) is 81.2 cm³/mol. The normalized spacial score (nSPS) is 12.3. The fraction of sp³-hybridized carbons (Fsp3) is 0.400. The molecule has 1 aromatic carbocycles. The number of para-hydroxylation sites is 1. The first-order chi connectivity index (χ1) is 9.72. The van der Waals surface area contributed by atoms with Crippen LogP contribution < -0.4 is 10.1 Å². The molecule has 2 rings (SSSR count). The van der Waals surface area contributed by atoms with Gasteiger partial charge in [-0.2, -0.15) is 5.10 Å². The Morgan fingerprint density at radius 3 is 2.70 bits per heavy atom. The van der Waals surface area contributed by atoms with Crippen LogP contribution in [0.4, 0.5) is 0 Å². The van der Waals surface area contributed by atoms with Gasteiger partial charge in [-0.3, -0.25) is 4.68 Å². The van der Waals surface area contributed by atoms with Crippen molar-refractivity contribution in [2.24, 2.45) is 7.05 Å². The molecule has 1 N–H and O–H groups in total. The molecular formula is C15H20ClN3O. The summed E-state index contributed by atoms with van der Waals surface area (Å²) in [5.74, 6) is 0.856. The molecule has 1 atom stereocenters. The third-order valence-electron chi connectivity index (χ3n) is 3.07. The summed E-state index contributed by atoms with van der Waals surface area (Å²) >= 11 is 6.22. The topological polar surface area (TPSA) is 39.1 Å². The molecule has 0 aliphatic heterocycles. The van der Waals surface area contributed by atoms with Crippen LogP contribution >= 0.6 is 11.6 Å². The van der Waals surface area contributed by atoms with Crippen molar-refractivity contribution in [3.8, 4) is 5.75 Å². The number of benzene rings is 1. The summed E-state index contributed by atoms with van der Waals surface area (Å²) < 4.78 is 7.63. The molecule has 0 amide bonds. The molecule has 0 saturated heterocycles. The number of nitrogens with zero attached hydrogens (tertiary/aromatic N) is 2. The van der Waals surface area contributed by atoms with Crippen molar-refractivity contribution in [3.63, 3.8) is 0 Å². The Morgan fingerprint density at radius 2 is 2.10 bits per heavy atom. The molecule has 1 aromatic heterocycles. The number of rotatable bonds is 7.